The van der Waals surface area contributed by atoms with Gasteiger partial charge in [0, 0.05) is 30.2 Å². The lowest BCUT2D eigenvalue weighted by molar-refractivity contribution is -0.137. The molecule has 0 aliphatic heterocycles. The van der Waals surface area contributed by atoms with Gasteiger partial charge in [0.05, 0.1) is 5.56 Å². The summed E-state index contributed by atoms with van der Waals surface area (Å²) in [5, 5.41) is 7.16. The average Bonchev–Trinajstić information content (AvgIpc) is 2.76. The molecule has 0 saturated heterocycles. The fraction of sp³-hybridized carbons (Fsp3) is 0.333. The Kier molecular flexibility index (Phi) is 4.32. The molecule has 0 amide bonds. The zero-order valence-corrected chi connectivity index (χ0v) is 12.2. The first-order valence-corrected chi connectivity index (χ1v) is 6.60. The third-order valence-corrected chi connectivity index (χ3v) is 3.26. The van der Waals surface area contributed by atoms with Crippen molar-refractivity contribution in [3.63, 3.8) is 0 Å². The minimum Gasteiger partial charge on any atom is -0.384 e. The van der Waals surface area contributed by atoms with E-state index in [2.05, 4.69) is 31.3 Å². The molecule has 2 aromatic rings. The molecule has 0 spiro atoms. The Hall–Kier alpha value is -1.57. The van der Waals surface area contributed by atoms with Gasteiger partial charge in [-0.3, -0.25) is 4.68 Å². The number of aryl methyl sites for hydroxylation is 1. The smallest absolute Gasteiger partial charge is 0.384 e. The molecule has 0 radical (unpaired) electrons. The highest BCUT2D eigenvalue weighted by molar-refractivity contribution is 9.10. The molecule has 1 heterocycles. The molecule has 0 unspecified atom stereocenters. The molecule has 0 aliphatic rings. The van der Waals surface area contributed by atoms with Gasteiger partial charge in [0.25, 0.3) is 0 Å². The van der Waals surface area contributed by atoms with Gasteiger partial charge in [0.2, 0.25) is 0 Å². The molecular weight excluding hydrogens is 337 g/mol. The van der Waals surface area contributed by atoms with E-state index in [-0.39, 0.29) is 0 Å². The first-order chi connectivity index (χ1) is 9.36. The van der Waals surface area contributed by atoms with Gasteiger partial charge < -0.3 is 5.32 Å². The summed E-state index contributed by atoms with van der Waals surface area (Å²) < 4.78 is 39.5. The van der Waals surface area contributed by atoms with Crippen molar-refractivity contribution in [1.29, 1.82) is 0 Å². The molecule has 0 saturated carbocycles. The van der Waals surface area contributed by atoms with Crippen molar-refractivity contribution in [1.82, 2.24) is 14.8 Å². The molecule has 1 aromatic heterocycles. The number of anilines is 1. The largest absolute Gasteiger partial charge is 0.416 e. The number of benzene rings is 1. The van der Waals surface area contributed by atoms with Crippen molar-refractivity contribution in [3.8, 4) is 0 Å². The topological polar surface area (TPSA) is 42.7 Å². The molecule has 0 aliphatic carbocycles. The van der Waals surface area contributed by atoms with Gasteiger partial charge in [0.15, 0.2) is 5.82 Å². The quantitative estimate of drug-likeness (QED) is 0.922. The molecule has 0 fully saturated rings. The number of nitrogens with zero attached hydrogens (tertiary/aromatic N) is 3. The molecule has 108 valence electrons. The second-order valence-electron chi connectivity index (χ2n) is 4.20. The Morgan fingerprint density at radius 3 is 2.65 bits per heavy atom. The highest BCUT2D eigenvalue weighted by Crippen LogP contribution is 2.33. The summed E-state index contributed by atoms with van der Waals surface area (Å²) in [7, 11) is 1.77. The van der Waals surface area contributed by atoms with E-state index in [1.807, 2.05) is 0 Å². The lowest BCUT2D eigenvalue weighted by atomic mass is 10.2. The van der Waals surface area contributed by atoms with Crippen LogP contribution in [0.3, 0.4) is 0 Å². The van der Waals surface area contributed by atoms with Crippen LogP contribution in [0, 0.1) is 0 Å². The number of rotatable bonds is 4. The molecule has 2 rings (SSSR count). The minimum atomic E-state index is -4.33. The summed E-state index contributed by atoms with van der Waals surface area (Å²) in [4.78, 5) is 4.07. The maximum Gasteiger partial charge on any atom is 0.416 e. The summed E-state index contributed by atoms with van der Waals surface area (Å²) >= 11 is 3.13. The standard InChI is InChI=1S/C12H12BrF3N4/c1-20-7-18-11(19-20)4-5-17-10-3-2-8(6-9(10)13)12(14,15)16/h2-3,6-7,17H,4-5H2,1H3. The fourth-order valence-electron chi connectivity index (χ4n) is 1.64. The van der Waals surface area contributed by atoms with E-state index < -0.39 is 11.7 Å². The third kappa shape index (κ3) is 3.72. The molecule has 4 nitrogen and oxygen atoms in total. The van der Waals surface area contributed by atoms with Gasteiger partial charge in [-0.05, 0) is 34.1 Å². The molecule has 20 heavy (non-hydrogen) atoms. The van der Waals surface area contributed by atoms with Crippen LogP contribution in [0.1, 0.15) is 11.4 Å². The highest BCUT2D eigenvalue weighted by Gasteiger charge is 2.30. The Balaban J connectivity index is 1.96. The number of nitrogens with one attached hydrogen (secondary N) is 1. The van der Waals surface area contributed by atoms with E-state index in [1.165, 1.54) is 6.07 Å². The van der Waals surface area contributed by atoms with Crippen LogP contribution in [-0.4, -0.2) is 21.3 Å². The van der Waals surface area contributed by atoms with Crippen LogP contribution >= 0.6 is 15.9 Å². The van der Waals surface area contributed by atoms with E-state index in [0.29, 0.717) is 29.0 Å². The Morgan fingerprint density at radius 1 is 1.35 bits per heavy atom. The number of hydrogen-bond acceptors (Lipinski definition) is 3. The Bertz CT molecular complexity index is 595. The summed E-state index contributed by atoms with van der Waals surface area (Å²) in [6.45, 7) is 0.536. The van der Waals surface area contributed by atoms with Gasteiger partial charge in [-0.15, -0.1) is 0 Å². The Morgan fingerprint density at radius 2 is 2.10 bits per heavy atom. The van der Waals surface area contributed by atoms with Gasteiger partial charge in [0.1, 0.15) is 6.33 Å². The van der Waals surface area contributed by atoms with Gasteiger partial charge in [-0.25, -0.2) is 4.98 Å². The van der Waals surface area contributed by atoms with Crippen molar-refractivity contribution in [2.45, 2.75) is 12.6 Å². The first kappa shape index (κ1) is 14.8. The van der Waals surface area contributed by atoms with E-state index in [4.69, 9.17) is 0 Å². The van der Waals surface area contributed by atoms with Crippen molar-refractivity contribution in [2.24, 2.45) is 7.05 Å². The maximum atomic E-state index is 12.5. The monoisotopic (exact) mass is 348 g/mol. The fourth-order valence-corrected chi connectivity index (χ4v) is 2.16. The highest BCUT2D eigenvalue weighted by atomic mass is 79.9. The average molecular weight is 349 g/mol. The zero-order chi connectivity index (χ0) is 14.8. The number of aromatic nitrogens is 3. The molecular formula is C12H12BrF3N4. The van der Waals surface area contributed by atoms with E-state index in [9.17, 15) is 13.2 Å². The molecule has 1 N–H and O–H groups in total. The van der Waals surface area contributed by atoms with E-state index in [0.717, 1.165) is 12.1 Å². The lowest BCUT2D eigenvalue weighted by Gasteiger charge is -2.11. The zero-order valence-electron chi connectivity index (χ0n) is 10.6. The lowest BCUT2D eigenvalue weighted by Crippen LogP contribution is -2.09. The van der Waals surface area contributed by atoms with Crippen molar-refractivity contribution >= 4 is 21.6 Å². The maximum absolute atomic E-state index is 12.5. The van der Waals surface area contributed by atoms with Crippen LogP contribution in [0.4, 0.5) is 18.9 Å². The normalized spacial score (nSPS) is 11.7. The minimum absolute atomic E-state index is 0.376. The second kappa shape index (κ2) is 5.82. The van der Waals surface area contributed by atoms with Crippen LogP contribution in [-0.2, 0) is 19.6 Å². The summed E-state index contributed by atoms with van der Waals surface area (Å²) in [5.74, 6) is 0.683. The second-order valence-corrected chi connectivity index (χ2v) is 5.06. The van der Waals surface area contributed by atoms with Crippen LogP contribution < -0.4 is 5.32 Å². The van der Waals surface area contributed by atoms with E-state index in [1.54, 1.807) is 18.1 Å². The number of alkyl halides is 3. The predicted molar refractivity (Wildman–Crippen MR) is 72.3 cm³/mol. The molecule has 1 aromatic carbocycles. The number of halogens is 4. The van der Waals surface area contributed by atoms with Crippen molar-refractivity contribution in [2.75, 3.05) is 11.9 Å². The van der Waals surface area contributed by atoms with E-state index >= 15 is 0 Å². The van der Waals surface area contributed by atoms with Gasteiger partial charge in [-0.2, -0.15) is 18.3 Å². The molecule has 0 atom stereocenters. The molecule has 8 heteroatoms. The van der Waals surface area contributed by atoms with Crippen LogP contribution in [0.5, 0.6) is 0 Å². The Labute approximate surface area is 122 Å². The summed E-state index contributed by atoms with van der Waals surface area (Å²) in [6, 6.07) is 3.51. The van der Waals surface area contributed by atoms with Crippen LogP contribution in [0.25, 0.3) is 0 Å². The van der Waals surface area contributed by atoms with Crippen LogP contribution in [0.15, 0.2) is 29.0 Å². The SMILES string of the molecule is Cn1cnc(CCNc2ccc(C(F)(F)F)cc2Br)n1. The third-order valence-electron chi connectivity index (χ3n) is 2.61. The number of hydrogen-bond donors (Lipinski definition) is 1. The summed E-state index contributed by atoms with van der Waals surface area (Å²) in [6.07, 6.45) is -2.14. The van der Waals surface area contributed by atoms with Crippen molar-refractivity contribution in [3.05, 3.63) is 40.4 Å². The van der Waals surface area contributed by atoms with Crippen LogP contribution in [0.2, 0.25) is 0 Å². The summed E-state index contributed by atoms with van der Waals surface area (Å²) in [5.41, 5.74) is -0.0738. The van der Waals surface area contributed by atoms with Gasteiger partial charge >= 0.3 is 6.18 Å². The first-order valence-electron chi connectivity index (χ1n) is 5.81. The van der Waals surface area contributed by atoms with Crippen molar-refractivity contribution < 1.29 is 13.2 Å². The van der Waals surface area contributed by atoms with Gasteiger partial charge in [-0.1, -0.05) is 0 Å². The molecule has 0 bridgehead atoms. The predicted octanol–water partition coefficient (Wildman–Crippen LogP) is 3.25.